The number of carbonyl (C=O) groups is 1. The van der Waals surface area contributed by atoms with Gasteiger partial charge in [0.2, 0.25) is 0 Å². The highest BCUT2D eigenvalue weighted by molar-refractivity contribution is 5.95. The maximum Gasteiger partial charge on any atom is 0.254 e. The van der Waals surface area contributed by atoms with E-state index >= 15 is 0 Å². The maximum absolute atomic E-state index is 14.2. The Labute approximate surface area is 184 Å². The Balaban J connectivity index is 1.40. The zero-order chi connectivity index (χ0) is 21.9. The van der Waals surface area contributed by atoms with Crippen molar-refractivity contribution in [1.82, 2.24) is 30.0 Å². The molecule has 1 aromatic carbocycles. The molecule has 0 spiro atoms. The minimum absolute atomic E-state index is 0.174. The van der Waals surface area contributed by atoms with Crippen molar-refractivity contribution in [3.05, 3.63) is 89.9 Å². The minimum atomic E-state index is -0.353. The van der Waals surface area contributed by atoms with Crippen LogP contribution in [0.1, 0.15) is 40.4 Å². The van der Waals surface area contributed by atoms with Crippen LogP contribution in [0.3, 0.4) is 0 Å². The first-order valence-electron chi connectivity index (χ1n) is 10.5. The van der Waals surface area contributed by atoms with Crippen molar-refractivity contribution in [3.63, 3.8) is 0 Å². The Morgan fingerprint density at radius 1 is 1.09 bits per heavy atom. The molecule has 1 fully saturated rings. The number of nitrogens with one attached hydrogen (secondary N) is 1. The number of amides is 1. The van der Waals surface area contributed by atoms with Gasteiger partial charge < -0.3 is 5.32 Å². The monoisotopic (exact) mass is 428 g/mol. The summed E-state index contributed by atoms with van der Waals surface area (Å²) in [6.07, 6.45) is 9.31. The quantitative estimate of drug-likeness (QED) is 0.485. The minimum Gasteiger partial charge on any atom is -0.352 e. The third-order valence-corrected chi connectivity index (χ3v) is 5.42. The molecule has 8 heteroatoms. The van der Waals surface area contributed by atoms with E-state index in [2.05, 4.69) is 25.4 Å². The van der Waals surface area contributed by atoms with E-state index in [0.717, 1.165) is 24.1 Å². The lowest BCUT2D eigenvalue weighted by Gasteiger charge is -2.10. The van der Waals surface area contributed by atoms with Crippen LogP contribution in [0.5, 0.6) is 0 Å². The third-order valence-electron chi connectivity index (χ3n) is 5.42. The summed E-state index contributed by atoms with van der Waals surface area (Å²) in [5.74, 6) is 0.0281. The molecule has 32 heavy (non-hydrogen) atoms. The van der Waals surface area contributed by atoms with Crippen molar-refractivity contribution in [2.45, 2.75) is 25.2 Å². The van der Waals surface area contributed by atoms with Gasteiger partial charge in [0, 0.05) is 36.6 Å². The number of nitrogens with zero attached hydrogens (tertiary/aromatic N) is 5. The average molecular weight is 428 g/mol. The SMILES string of the molecule is O=C(NCCc1cccnc1)c1cnn(-c2nccc(-c3ccccc3F)n2)c1C1CC1. The molecule has 0 aliphatic heterocycles. The van der Waals surface area contributed by atoms with Gasteiger partial charge in [-0.3, -0.25) is 9.78 Å². The normalized spacial score (nSPS) is 13.2. The second-order valence-corrected chi connectivity index (χ2v) is 7.72. The number of hydrogen-bond donors (Lipinski definition) is 1. The summed E-state index contributed by atoms with van der Waals surface area (Å²) in [5, 5.41) is 7.39. The van der Waals surface area contributed by atoms with Crippen molar-refractivity contribution < 1.29 is 9.18 Å². The molecule has 0 radical (unpaired) electrons. The molecule has 160 valence electrons. The smallest absolute Gasteiger partial charge is 0.254 e. The highest BCUT2D eigenvalue weighted by atomic mass is 19.1. The molecule has 1 saturated carbocycles. The first-order valence-corrected chi connectivity index (χ1v) is 10.5. The van der Waals surface area contributed by atoms with Crippen molar-refractivity contribution in [2.24, 2.45) is 0 Å². The highest BCUT2D eigenvalue weighted by Crippen LogP contribution is 2.42. The van der Waals surface area contributed by atoms with Gasteiger partial charge in [0.1, 0.15) is 5.82 Å². The lowest BCUT2D eigenvalue weighted by atomic mass is 10.1. The Bertz CT molecular complexity index is 1250. The topological polar surface area (TPSA) is 85.6 Å². The summed E-state index contributed by atoms with van der Waals surface area (Å²) in [4.78, 5) is 25.9. The number of carbonyl (C=O) groups excluding carboxylic acids is 1. The zero-order valence-corrected chi connectivity index (χ0v) is 17.3. The lowest BCUT2D eigenvalue weighted by Crippen LogP contribution is -2.26. The summed E-state index contributed by atoms with van der Waals surface area (Å²) in [6, 6.07) is 12.0. The molecular weight excluding hydrogens is 407 g/mol. The van der Waals surface area contributed by atoms with Crippen LogP contribution in [-0.4, -0.2) is 37.2 Å². The predicted octanol–water partition coefficient (Wildman–Crippen LogP) is 3.71. The summed E-state index contributed by atoms with van der Waals surface area (Å²) in [5.41, 5.74) is 3.25. The van der Waals surface area contributed by atoms with Gasteiger partial charge in [0.15, 0.2) is 0 Å². The standard InChI is InChI=1S/C24H21FN6O/c25-20-6-2-1-5-18(20)21-10-13-28-24(30-21)31-22(17-7-8-17)19(15-29-31)23(32)27-12-9-16-4-3-11-26-14-16/h1-6,10-11,13-15,17H,7-9,12H2,(H,27,32). The number of rotatable bonds is 7. The van der Waals surface area contributed by atoms with Gasteiger partial charge in [0.05, 0.1) is 23.1 Å². The summed E-state index contributed by atoms with van der Waals surface area (Å²) in [6.45, 7) is 0.499. The van der Waals surface area contributed by atoms with Gasteiger partial charge in [-0.25, -0.2) is 19.0 Å². The van der Waals surface area contributed by atoms with Crippen LogP contribution in [0.15, 0.2) is 67.3 Å². The zero-order valence-electron chi connectivity index (χ0n) is 17.3. The van der Waals surface area contributed by atoms with Crippen molar-refractivity contribution in [3.8, 4) is 17.2 Å². The Hall–Kier alpha value is -3.94. The van der Waals surface area contributed by atoms with E-state index in [1.165, 1.54) is 6.07 Å². The van der Waals surface area contributed by atoms with Crippen LogP contribution < -0.4 is 5.32 Å². The third kappa shape index (κ3) is 4.12. The summed E-state index contributed by atoms with van der Waals surface area (Å²) >= 11 is 0. The fourth-order valence-corrected chi connectivity index (χ4v) is 3.67. The van der Waals surface area contributed by atoms with E-state index in [1.807, 2.05) is 12.1 Å². The van der Waals surface area contributed by atoms with E-state index in [1.54, 1.807) is 53.7 Å². The van der Waals surface area contributed by atoms with Gasteiger partial charge in [-0.2, -0.15) is 5.10 Å². The molecule has 1 aliphatic carbocycles. The first-order chi connectivity index (χ1) is 15.7. The fourth-order valence-electron chi connectivity index (χ4n) is 3.67. The van der Waals surface area contributed by atoms with Crippen LogP contribution in [0, 0.1) is 5.82 Å². The first kappa shape index (κ1) is 20.0. The fraction of sp³-hybridized carbons (Fsp3) is 0.208. The van der Waals surface area contributed by atoms with E-state index < -0.39 is 0 Å². The molecule has 1 aliphatic rings. The summed E-state index contributed by atoms with van der Waals surface area (Å²) in [7, 11) is 0. The van der Waals surface area contributed by atoms with Crippen LogP contribution >= 0.6 is 0 Å². The van der Waals surface area contributed by atoms with Gasteiger partial charge >= 0.3 is 0 Å². The Morgan fingerprint density at radius 3 is 2.75 bits per heavy atom. The van der Waals surface area contributed by atoms with Crippen molar-refractivity contribution in [1.29, 1.82) is 0 Å². The molecule has 1 N–H and O–H groups in total. The second kappa shape index (κ2) is 8.66. The Kier molecular flexibility index (Phi) is 5.41. The van der Waals surface area contributed by atoms with Crippen LogP contribution in [0.2, 0.25) is 0 Å². The second-order valence-electron chi connectivity index (χ2n) is 7.72. The van der Waals surface area contributed by atoms with E-state index in [-0.39, 0.29) is 17.6 Å². The molecule has 0 bridgehead atoms. The number of pyridine rings is 1. The molecular formula is C24H21FN6O. The van der Waals surface area contributed by atoms with Gasteiger partial charge in [0.25, 0.3) is 11.9 Å². The molecule has 4 aromatic rings. The highest BCUT2D eigenvalue weighted by Gasteiger charge is 2.33. The number of hydrogen-bond acceptors (Lipinski definition) is 5. The van der Waals surface area contributed by atoms with Crippen LogP contribution in [0.25, 0.3) is 17.2 Å². The van der Waals surface area contributed by atoms with Gasteiger partial charge in [-0.15, -0.1) is 0 Å². The number of aromatic nitrogens is 5. The summed E-state index contributed by atoms with van der Waals surface area (Å²) < 4.78 is 15.8. The lowest BCUT2D eigenvalue weighted by molar-refractivity contribution is 0.0953. The Morgan fingerprint density at radius 2 is 1.97 bits per heavy atom. The number of benzene rings is 1. The van der Waals surface area contributed by atoms with Crippen molar-refractivity contribution in [2.75, 3.05) is 6.54 Å². The molecule has 3 heterocycles. The maximum atomic E-state index is 14.2. The van der Waals surface area contributed by atoms with Gasteiger partial charge in [-0.05, 0) is 49.1 Å². The molecule has 3 aromatic heterocycles. The molecule has 0 saturated heterocycles. The van der Waals surface area contributed by atoms with E-state index in [0.29, 0.717) is 35.7 Å². The van der Waals surface area contributed by atoms with Crippen molar-refractivity contribution >= 4 is 5.91 Å². The molecule has 5 rings (SSSR count). The van der Waals surface area contributed by atoms with E-state index in [4.69, 9.17) is 0 Å². The molecule has 0 atom stereocenters. The predicted molar refractivity (Wildman–Crippen MR) is 117 cm³/mol. The van der Waals surface area contributed by atoms with Gasteiger partial charge in [-0.1, -0.05) is 18.2 Å². The number of halogens is 1. The average Bonchev–Trinajstić information content (AvgIpc) is 3.57. The molecule has 0 unspecified atom stereocenters. The largest absolute Gasteiger partial charge is 0.352 e. The van der Waals surface area contributed by atoms with Crippen LogP contribution in [0.4, 0.5) is 4.39 Å². The van der Waals surface area contributed by atoms with Crippen LogP contribution in [-0.2, 0) is 6.42 Å². The molecule has 1 amide bonds. The van der Waals surface area contributed by atoms with E-state index in [9.17, 15) is 9.18 Å². The molecule has 7 nitrogen and oxygen atoms in total.